The number of hydrogen-bond donors (Lipinski definition) is 0. The zero-order valence-electron chi connectivity index (χ0n) is 11.9. The Hall–Kier alpha value is -2.03. The van der Waals surface area contributed by atoms with Crippen molar-refractivity contribution in [1.29, 1.82) is 0 Å². The second kappa shape index (κ2) is 5.31. The number of nitrogens with zero attached hydrogens (tertiary/aromatic N) is 2. The summed E-state index contributed by atoms with van der Waals surface area (Å²) in [4.78, 5) is 4.08. The number of benzene rings is 1. The lowest BCUT2D eigenvalue weighted by Gasteiger charge is -2.23. The zero-order valence-corrected chi connectivity index (χ0v) is 11.9. The Balaban J connectivity index is 2.43. The second-order valence-corrected chi connectivity index (χ2v) is 5.53. The molecular weight excluding hydrogens is 236 g/mol. The molecule has 0 aliphatic carbocycles. The van der Waals surface area contributed by atoms with Gasteiger partial charge in [0.15, 0.2) is 0 Å². The van der Waals surface area contributed by atoms with Crippen LogP contribution in [0, 0.1) is 5.41 Å². The van der Waals surface area contributed by atoms with E-state index in [1.807, 2.05) is 22.9 Å². The van der Waals surface area contributed by atoms with Gasteiger partial charge >= 0.3 is 0 Å². The highest BCUT2D eigenvalue weighted by Gasteiger charge is 2.19. The molecule has 100 valence electrons. The predicted octanol–water partition coefficient (Wildman–Crippen LogP) is 3.94. The van der Waals surface area contributed by atoms with E-state index in [1.54, 1.807) is 19.6 Å². The van der Waals surface area contributed by atoms with Gasteiger partial charge in [-0.25, -0.2) is 4.98 Å². The van der Waals surface area contributed by atoms with Crippen molar-refractivity contribution in [2.24, 2.45) is 5.41 Å². The fraction of sp³-hybridized carbons (Fsp3) is 0.312. The Kier molecular flexibility index (Phi) is 3.74. The standard InChI is InChI=1S/C16H20N2O/c1-16(2,3)15(11-18-10-9-17-12-18)13-5-7-14(19-4)8-6-13/h5-12H,1-4H3. The van der Waals surface area contributed by atoms with Gasteiger partial charge in [0.1, 0.15) is 5.75 Å². The van der Waals surface area contributed by atoms with Crippen molar-refractivity contribution in [3.63, 3.8) is 0 Å². The number of aromatic nitrogens is 2. The summed E-state index contributed by atoms with van der Waals surface area (Å²) in [5.41, 5.74) is 2.51. The molecule has 0 unspecified atom stereocenters. The summed E-state index contributed by atoms with van der Waals surface area (Å²) in [5, 5.41) is 0. The summed E-state index contributed by atoms with van der Waals surface area (Å²) < 4.78 is 7.18. The molecular formula is C16H20N2O. The summed E-state index contributed by atoms with van der Waals surface area (Å²) in [7, 11) is 1.68. The predicted molar refractivity (Wildman–Crippen MR) is 78.8 cm³/mol. The van der Waals surface area contributed by atoms with Crippen molar-refractivity contribution in [2.45, 2.75) is 20.8 Å². The van der Waals surface area contributed by atoms with Crippen LogP contribution in [0.4, 0.5) is 0 Å². The lowest BCUT2D eigenvalue weighted by molar-refractivity contribution is 0.414. The molecule has 0 saturated carbocycles. The molecule has 19 heavy (non-hydrogen) atoms. The Morgan fingerprint density at radius 2 is 1.89 bits per heavy atom. The molecule has 0 amide bonds. The first-order valence-electron chi connectivity index (χ1n) is 6.35. The summed E-state index contributed by atoms with van der Waals surface area (Å²) >= 11 is 0. The van der Waals surface area contributed by atoms with Crippen molar-refractivity contribution in [1.82, 2.24) is 9.55 Å². The van der Waals surface area contributed by atoms with E-state index < -0.39 is 0 Å². The van der Waals surface area contributed by atoms with E-state index in [4.69, 9.17) is 4.74 Å². The van der Waals surface area contributed by atoms with E-state index in [9.17, 15) is 0 Å². The van der Waals surface area contributed by atoms with Gasteiger partial charge in [-0.1, -0.05) is 32.9 Å². The molecule has 0 bridgehead atoms. The lowest BCUT2D eigenvalue weighted by atomic mass is 9.82. The number of hydrogen-bond acceptors (Lipinski definition) is 2. The zero-order chi connectivity index (χ0) is 13.9. The van der Waals surface area contributed by atoms with Crippen molar-refractivity contribution in [3.8, 4) is 5.75 Å². The van der Waals surface area contributed by atoms with Crippen molar-refractivity contribution >= 4 is 11.8 Å². The van der Waals surface area contributed by atoms with Gasteiger partial charge in [-0.3, -0.25) is 0 Å². The minimum atomic E-state index is 0.0544. The molecule has 3 heteroatoms. The van der Waals surface area contributed by atoms with Crippen molar-refractivity contribution < 1.29 is 4.74 Å². The van der Waals surface area contributed by atoms with Gasteiger partial charge < -0.3 is 9.30 Å². The molecule has 3 nitrogen and oxygen atoms in total. The van der Waals surface area contributed by atoms with Crippen LogP contribution >= 0.6 is 0 Å². The van der Waals surface area contributed by atoms with Gasteiger partial charge in [-0.15, -0.1) is 0 Å². The third-order valence-electron chi connectivity index (χ3n) is 3.01. The first-order chi connectivity index (χ1) is 9.00. The molecule has 1 aromatic heterocycles. The second-order valence-electron chi connectivity index (χ2n) is 5.53. The van der Waals surface area contributed by atoms with Crippen molar-refractivity contribution in [2.75, 3.05) is 7.11 Å². The molecule has 0 spiro atoms. The number of allylic oxidation sites excluding steroid dienone is 1. The van der Waals surface area contributed by atoms with Gasteiger partial charge in [-0.05, 0) is 28.7 Å². The van der Waals surface area contributed by atoms with Crippen LogP contribution in [0.2, 0.25) is 0 Å². The van der Waals surface area contributed by atoms with Crippen LogP contribution in [-0.2, 0) is 0 Å². The molecule has 2 rings (SSSR count). The van der Waals surface area contributed by atoms with Crippen LogP contribution in [0.3, 0.4) is 0 Å². The van der Waals surface area contributed by atoms with Crippen LogP contribution in [0.15, 0.2) is 43.0 Å². The number of imidazole rings is 1. The maximum atomic E-state index is 5.21. The third-order valence-corrected chi connectivity index (χ3v) is 3.01. The molecule has 0 saturated heterocycles. The lowest BCUT2D eigenvalue weighted by Crippen LogP contribution is -2.09. The molecule has 0 atom stereocenters. The van der Waals surface area contributed by atoms with E-state index >= 15 is 0 Å². The Morgan fingerprint density at radius 3 is 2.37 bits per heavy atom. The van der Waals surface area contributed by atoms with Gasteiger partial charge in [0.05, 0.1) is 13.4 Å². The molecule has 1 aromatic carbocycles. The first-order valence-corrected chi connectivity index (χ1v) is 6.35. The maximum Gasteiger partial charge on any atom is 0.118 e. The molecule has 0 fully saturated rings. The Bertz CT molecular complexity index is 545. The van der Waals surface area contributed by atoms with Gasteiger partial charge in [0, 0.05) is 18.6 Å². The summed E-state index contributed by atoms with van der Waals surface area (Å²) in [5.74, 6) is 0.875. The smallest absolute Gasteiger partial charge is 0.118 e. The largest absolute Gasteiger partial charge is 0.497 e. The number of rotatable bonds is 3. The van der Waals surface area contributed by atoms with E-state index in [2.05, 4.69) is 44.1 Å². The fourth-order valence-corrected chi connectivity index (χ4v) is 1.97. The van der Waals surface area contributed by atoms with E-state index in [0.717, 1.165) is 5.75 Å². The van der Waals surface area contributed by atoms with Crippen LogP contribution in [0.5, 0.6) is 5.75 Å². The monoisotopic (exact) mass is 256 g/mol. The SMILES string of the molecule is COc1ccc(C(=Cn2ccnc2)C(C)(C)C)cc1. The number of ether oxygens (including phenoxy) is 1. The maximum absolute atomic E-state index is 5.21. The number of methoxy groups -OCH3 is 1. The van der Waals surface area contributed by atoms with E-state index in [0.29, 0.717) is 0 Å². The summed E-state index contributed by atoms with van der Waals surface area (Å²) in [6.45, 7) is 6.62. The molecule has 0 N–H and O–H groups in total. The average molecular weight is 256 g/mol. The van der Waals surface area contributed by atoms with Crippen LogP contribution in [-0.4, -0.2) is 16.7 Å². The average Bonchev–Trinajstić information content (AvgIpc) is 2.88. The van der Waals surface area contributed by atoms with Gasteiger partial charge in [-0.2, -0.15) is 0 Å². The quantitative estimate of drug-likeness (QED) is 0.831. The van der Waals surface area contributed by atoms with Crippen LogP contribution in [0.25, 0.3) is 11.8 Å². The van der Waals surface area contributed by atoms with Crippen molar-refractivity contribution in [3.05, 3.63) is 48.5 Å². The fourth-order valence-electron chi connectivity index (χ4n) is 1.97. The normalized spacial score (nSPS) is 12.5. The van der Waals surface area contributed by atoms with E-state index in [-0.39, 0.29) is 5.41 Å². The minimum absolute atomic E-state index is 0.0544. The molecule has 0 radical (unpaired) electrons. The van der Waals surface area contributed by atoms with Crippen LogP contribution in [0.1, 0.15) is 26.3 Å². The van der Waals surface area contributed by atoms with Gasteiger partial charge in [0.2, 0.25) is 0 Å². The van der Waals surface area contributed by atoms with E-state index in [1.165, 1.54) is 11.1 Å². The Labute approximate surface area is 114 Å². The molecule has 0 aliphatic rings. The molecule has 1 heterocycles. The van der Waals surface area contributed by atoms with Crippen LogP contribution < -0.4 is 4.74 Å². The molecule has 2 aromatic rings. The first kappa shape index (κ1) is 13.4. The third kappa shape index (κ3) is 3.25. The highest BCUT2D eigenvalue weighted by molar-refractivity contribution is 5.78. The minimum Gasteiger partial charge on any atom is -0.497 e. The highest BCUT2D eigenvalue weighted by atomic mass is 16.5. The Morgan fingerprint density at radius 1 is 1.21 bits per heavy atom. The highest BCUT2D eigenvalue weighted by Crippen LogP contribution is 2.35. The summed E-state index contributed by atoms with van der Waals surface area (Å²) in [6, 6.07) is 8.16. The summed E-state index contributed by atoms with van der Waals surface area (Å²) in [6.07, 6.45) is 7.64. The molecule has 0 aliphatic heterocycles. The van der Waals surface area contributed by atoms with Gasteiger partial charge in [0.25, 0.3) is 0 Å². The topological polar surface area (TPSA) is 27.1 Å².